The number of rotatable bonds is 3. The van der Waals surface area contributed by atoms with E-state index in [2.05, 4.69) is 17.6 Å². The van der Waals surface area contributed by atoms with Crippen molar-refractivity contribution < 1.29 is 9.90 Å². The van der Waals surface area contributed by atoms with Gasteiger partial charge in [0.15, 0.2) is 0 Å². The van der Waals surface area contributed by atoms with Gasteiger partial charge in [-0.1, -0.05) is 25.1 Å². The fourth-order valence-electron chi connectivity index (χ4n) is 1.75. The van der Waals surface area contributed by atoms with E-state index in [0.717, 1.165) is 17.7 Å². The van der Waals surface area contributed by atoms with E-state index in [-0.39, 0.29) is 11.8 Å². The lowest BCUT2D eigenvalue weighted by atomic mass is 10.1. The van der Waals surface area contributed by atoms with Gasteiger partial charge in [0.25, 0.3) is 0 Å². The number of hydrogen-bond donors (Lipinski definition) is 3. The smallest absolute Gasteiger partial charge is 0.323 e. The van der Waals surface area contributed by atoms with Gasteiger partial charge in [-0.15, -0.1) is 0 Å². The van der Waals surface area contributed by atoms with Crippen LogP contribution in [0.3, 0.4) is 0 Å². The number of amides is 2. The second kappa shape index (κ2) is 5.91. The first kappa shape index (κ1) is 13.0. The maximum Gasteiger partial charge on any atom is 0.323 e. The minimum absolute atomic E-state index is 0.116. The molecule has 19 heavy (non-hydrogen) atoms. The number of carbonyl (C=O) groups is 1. The average Bonchev–Trinajstić information content (AvgIpc) is 2.38. The lowest BCUT2D eigenvalue weighted by Gasteiger charge is -2.08. The molecule has 0 aliphatic rings. The maximum atomic E-state index is 11.8. The topological polar surface area (TPSA) is 61.4 Å². The Balaban J connectivity index is 2.01. The minimum Gasteiger partial charge on any atom is -0.508 e. The molecule has 0 bridgehead atoms. The quantitative estimate of drug-likeness (QED) is 0.785. The number of aryl methyl sites for hydroxylation is 1. The van der Waals surface area contributed by atoms with Crippen molar-refractivity contribution in [3.05, 3.63) is 54.1 Å². The second-order valence-corrected chi connectivity index (χ2v) is 4.18. The number of phenols is 1. The standard InChI is InChI=1S/C15H16N2O2/c1-2-11-5-3-6-12(9-11)16-15(19)17-13-7-4-8-14(18)10-13/h3-10,18H,2H2,1H3,(H2,16,17,19). The van der Waals surface area contributed by atoms with Crippen molar-refractivity contribution >= 4 is 17.4 Å². The SMILES string of the molecule is CCc1cccc(NC(=O)Nc2cccc(O)c2)c1. The highest BCUT2D eigenvalue weighted by molar-refractivity contribution is 5.99. The van der Waals surface area contributed by atoms with Crippen LogP contribution in [0.2, 0.25) is 0 Å². The molecule has 2 aromatic carbocycles. The molecular formula is C15H16N2O2. The van der Waals surface area contributed by atoms with E-state index in [4.69, 9.17) is 0 Å². The molecule has 0 saturated carbocycles. The van der Waals surface area contributed by atoms with Crippen LogP contribution in [-0.2, 0) is 6.42 Å². The van der Waals surface area contributed by atoms with Gasteiger partial charge < -0.3 is 15.7 Å². The van der Waals surface area contributed by atoms with Crippen LogP contribution in [0.5, 0.6) is 5.75 Å². The van der Waals surface area contributed by atoms with Gasteiger partial charge in [-0.3, -0.25) is 0 Å². The van der Waals surface area contributed by atoms with E-state index in [1.54, 1.807) is 18.2 Å². The van der Waals surface area contributed by atoms with E-state index in [1.165, 1.54) is 6.07 Å². The Kier molecular flexibility index (Phi) is 4.03. The van der Waals surface area contributed by atoms with Gasteiger partial charge in [-0.25, -0.2) is 4.79 Å². The molecule has 0 spiro atoms. The van der Waals surface area contributed by atoms with Crippen LogP contribution >= 0.6 is 0 Å². The third kappa shape index (κ3) is 3.74. The Morgan fingerprint density at radius 3 is 2.32 bits per heavy atom. The molecule has 4 heteroatoms. The fourth-order valence-corrected chi connectivity index (χ4v) is 1.75. The summed E-state index contributed by atoms with van der Waals surface area (Å²) < 4.78 is 0. The van der Waals surface area contributed by atoms with Gasteiger partial charge in [-0.2, -0.15) is 0 Å². The summed E-state index contributed by atoms with van der Waals surface area (Å²) in [4.78, 5) is 11.8. The summed E-state index contributed by atoms with van der Waals surface area (Å²) in [6, 6.07) is 13.8. The van der Waals surface area contributed by atoms with Crippen molar-refractivity contribution in [1.29, 1.82) is 0 Å². The number of benzene rings is 2. The molecule has 0 fully saturated rings. The Morgan fingerprint density at radius 1 is 1.05 bits per heavy atom. The lowest BCUT2D eigenvalue weighted by Crippen LogP contribution is -2.19. The second-order valence-electron chi connectivity index (χ2n) is 4.18. The predicted octanol–water partition coefficient (Wildman–Crippen LogP) is 3.60. The first-order valence-corrected chi connectivity index (χ1v) is 6.13. The first-order chi connectivity index (χ1) is 9.17. The Bertz CT molecular complexity index is 582. The largest absolute Gasteiger partial charge is 0.508 e. The van der Waals surface area contributed by atoms with E-state index in [9.17, 15) is 9.90 Å². The van der Waals surface area contributed by atoms with E-state index < -0.39 is 0 Å². The normalized spacial score (nSPS) is 9.95. The van der Waals surface area contributed by atoms with Gasteiger partial charge >= 0.3 is 6.03 Å². The zero-order valence-corrected chi connectivity index (χ0v) is 10.7. The molecular weight excluding hydrogens is 240 g/mol. The van der Waals surface area contributed by atoms with Crippen LogP contribution in [-0.4, -0.2) is 11.1 Å². The predicted molar refractivity (Wildman–Crippen MR) is 76.6 cm³/mol. The summed E-state index contributed by atoms with van der Waals surface area (Å²) in [5, 5.41) is 14.7. The monoisotopic (exact) mass is 256 g/mol. The highest BCUT2D eigenvalue weighted by atomic mass is 16.3. The van der Waals surface area contributed by atoms with E-state index in [0.29, 0.717) is 5.69 Å². The van der Waals surface area contributed by atoms with Crippen LogP contribution in [0.1, 0.15) is 12.5 Å². The maximum absolute atomic E-state index is 11.8. The molecule has 0 aliphatic heterocycles. The molecule has 2 amide bonds. The van der Waals surface area contributed by atoms with Gasteiger partial charge in [-0.05, 0) is 36.2 Å². The third-order valence-corrected chi connectivity index (χ3v) is 2.70. The fraction of sp³-hybridized carbons (Fsp3) is 0.133. The number of nitrogens with one attached hydrogen (secondary N) is 2. The van der Waals surface area contributed by atoms with Crippen LogP contribution in [0.15, 0.2) is 48.5 Å². The van der Waals surface area contributed by atoms with Crippen molar-refractivity contribution in [3.63, 3.8) is 0 Å². The zero-order chi connectivity index (χ0) is 13.7. The van der Waals surface area contributed by atoms with E-state index in [1.807, 2.05) is 24.3 Å². The number of urea groups is 1. The molecule has 2 aromatic rings. The molecule has 0 saturated heterocycles. The number of carbonyl (C=O) groups excluding carboxylic acids is 1. The number of aromatic hydroxyl groups is 1. The molecule has 98 valence electrons. The van der Waals surface area contributed by atoms with Gasteiger partial charge in [0.05, 0.1) is 0 Å². The molecule has 4 nitrogen and oxygen atoms in total. The minimum atomic E-state index is -0.334. The van der Waals surface area contributed by atoms with Crippen molar-refractivity contribution in [3.8, 4) is 5.75 Å². The summed E-state index contributed by atoms with van der Waals surface area (Å²) in [5.74, 6) is 0.116. The third-order valence-electron chi connectivity index (χ3n) is 2.70. The van der Waals surface area contributed by atoms with Crippen LogP contribution < -0.4 is 10.6 Å². The highest BCUT2D eigenvalue weighted by Crippen LogP contribution is 2.16. The van der Waals surface area contributed by atoms with Crippen molar-refractivity contribution in [2.24, 2.45) is 0 Å². The van der Waals surface area contributed by atoms with Crippen molar-refractivity contribution in [1.82, 2.24) is 0 Å². The zero-order valence-electron chi connectivity index (χ0n) is 10.7. The van der Waals surface area contributed by atoms with Gasteiger partial charge in [0.1, 0.15) is 5.75 Å². The highest BCUT2D eigenvalue weighted by Gasteiger charge is 2.03. The van der Waals surface area contributed by atoms with Crippen molar-refractivity contribution in [2.75, 3.05) is 10.6 Å². The molecule has 0 unspecified atom stereocenters. The molecule has 0 aliphatic carbocycles. The molecule has 0 atom stereocenters. The Morgan fingerprint density at radius 2 is 1.68 bits per heavy atom. The summed E-state index contributed by atoms with van der Waals surface area (Å²) in [7, 11) is 0. The van der Waals surface area contributed by atoms with Crippen molar-refractivity contribution in [2.45, 2.75) is 13.3 Å². The van der Waals surface area contributed by atoms with Crippen LogP contribution in [0, 0.1) is 0 Å². The van der Waals surface area contributed by atoms with Crippen LogP contribution in [0.25, 0.3) is 0 Å². The van der Waals surface area contributed by atoms with Gasteiger partial charge in [0.2, 0.25) is 0 Å². The Labute approximate surface area is 112 Å². The first-order valence-electron chi connectivity index (χ1n) is 6.13. The molecule has 0 heterocycles. The van der Waals surface area contributed by atoms with Gasteiger partial charge in [0, 0.05) is 17.4 Å². The number of anilines is 2. The number of phenolic OH excluding ortho intramolecular Hbond substituents is 1. The molecule has 0 radical (unpaired) electrons. The molecule has 2 rings (SSSR count). The molecule has 3 N–H and O–H groups in total. The molecule has 0 aromatic heterocycles. The summed E-state index contributed by atoms with van der Waals surface area (Å²) in [5.41, 5.74) is 2.45. The summed E-state index contributed by atoms with van der Waals surface area (Å²) in [6.45, 7) is 2.06. The van der Waals surface area contributed by atoms with E-state index >= 15 is 0 Å². The summed E-state index contributed by atoms with van der Waals surface area (Å²) >= 11 is 0. The Hall–Kier alpha value is -2.49. The average molecular weight is 256 g/mol. The lowest BCUT2D eigenvalue weighted by molar-refractivity contribution is 0.262. The summed E-state index contributed by atoms with van der Waals surface area (Å²) in [6.07, 6.45) is 0.920. The number of hydrogen-bond acceptors (Lipinski definition) is 2. The van der Waals surface area contributed by atoms with Crippen LogP contribution in [0.4, 0.5) is 16.2 Å².